The number of carbonyl (C=O) groups excluding carboxylic acids is 1. The molecule has 2 aromatic heterocycles. The van der Waals surface area contributed by atoms with Gasteiger partial charge in [-0.2, -0.15) is 5.26 Å². The normalized spacial score (nSPS) is 13.4. The molecule has 3 N–H and O–H groups in total. The number of fused-ring (bicyclic) bond motifs is 2. The van der Waals surface area contributed by atoms with Gasteiger partial charge in [-0.25, -0.2) is 24.1 Å². The number of benzene rings is 1. The molecule has 1 aromatic carbocycles. The molecule has 1 aliphatic rings. The lowest BCUT2D eigenvalue weighted by atomic mass is 10.0. The van der Waals surface area contributed by atoms with Crippen molar-refractivity contribution in [3.63, 3.8) is 0 Å². The molecule has 0 saturated heterocycles. The monoisotopic (exact) mass is 475 g/mol. The van der Waals surface area contributed by atoms with E-state index in [9.17, 15) is 10.1 Å². The Morgan fingerprint density at radius 2 is 2.17 bits per heavy atom. The number of ether oxygens (including phenoxy) is 1. The zero-order chi connectivity index (χ0) is 25.3. The Morgan fingerprint density at radius 3 is 2.86 bits per heavy atom. The van der Waals surface area contributed by atoms with Gasteiger partial charge in [-0.3, -0.25) is 4.40 Å². The summed E-state index contributed by atoms with van der Waals surface area (Å²) in [4.78, 5) is 23.4. The standard InChI is InChI=1S/C25H26FN7O2/c1-25(2,3)35-24(34)33(14-19-17-6-4-5-15(17)7-8-20(19)26)23-30-12-18(21(29)9-10-27)22-31-16(11-28)13-32(22)23/h7-10,12-13,27H,4-6,14,29H2,1-3H3. The van der Waals surface area contributed by atoms with Gasteiger partial charge < -0.3 is 15.9 Å². The van der Waals surface area contributed by atoms with Gasteiger partial charge in [-0.1, -0.05) is 6.07 Å². The minimum absolute atomic E-state index is 0.0825. The molecule has 0 atom stereocenters. The Balaban J connectivity index is 1.91. The van der Waals surface area contributed by atoms with Crippen LogP contribution in [0, 0.1) is 22.6 Å². The number of hydrogen-bond donors (Lipinski definition) is 2. The smallest absolute Gasteiger partial charge is 0.417 e. The third-order valence-corrected chi connectivity index (χ3v) is 5.68. The van der Waals surface area contributed by atoms with Crippen LogP contribution in [0.2, 0.25) is 0 Å². The van der Waals surface area contributed by atoms with Gasteiger partial charge in [-0.15, -0.1) is 0 Å². The summed E-state index contributed by atoms with van der Waals surface area (Å²) in [6, 6.07) is 5.19. The molecular formula is C25H26FN7O2. The predicted molar refractivity (Wildman–Crippen MR) is 129 cm³/mol. The van der Waals surface area contributed by atoms with E-state index in [1.807, 2.05) is 6.07 Å². The molecule has 180 valence electrons. The van der Waals surface area contributed by atoms with Gasteiger partial charge in [0.05, 0.1) is 18.3 Å². The number of anilines is 1. The average Bonchev–Trinajstić information content (AvgIpc) is 3.44. The first-order valence-electron chi connectivity index (χ1n) is 11.2. The van der Waals surface area contributed by atoms with Crippen LogP contribution in [0.5, 0.6) is 0 Å². The molecule has 0 radical (unpaired) electrons. The van der Waals surface area contributed by atoms with E-state index in [1.54, 1.807) is 26.8 Å². The van der Waals surface area contributed by atoms with E-state index >= 15 is 4.39 Å². The van der Waals surface area contributed by atoms with E-state index in [2.05, 4.69) is 9.97 Å². The van der Waals surface area contributed by atoms with Gasteiger partial charge in [0.25, 0.3) is 0 Å². The molecule has 9 nitrogen and oxygen atoms in total. The molecule has 1 amide bonds. The van der Waals surface area contributed by atoms with E-state index in [-0.39, 0.29) is 29.5 Å². The van der Waals surface area contributed by atoms with Crippen molar-refractivity contribution in [1.82, 2.24) is 14.4 Å². The van der Waals surface area contributed by atoms with E-state index in [0.717, 1.165) is 36.6 Å². The largest absolute Gasteiger partial charge is 0.443 e. The summed E-state index contributed by atoms with van der Waals surface area (Å²) in [6.07, 6.45) is 7.02. The minimum atomic E-state index is -0.810. The molecule has 0 bridgehead atoms. The predicted octanol–water partition coefficient (Wildman–Crippen LogP) is 4.12. The molecule has 1 aliphatic carbocycles. The number of nitrogens with one attached hydrogen (secondary N) is 1. The topological polar surface area (TPSA) is 133 Å². The fraction of sp³-hybridized carbons (Fsp3) is 0.320. The van der Waals surface area contributed by atoms with E-state index in [4.69, 9.17) is 15.9 Å². The third-order valence-electron chi connectivity index (χ3n) is 5.68. The van der Waals surface area contributed by atoms with Crippen LogP contribution in [0.1, 0.15) is 55.1 Å². The van der Waals surface area contributed by atoms with Crippen LogP contribution in [0.25, 0.3) is 11.3 Å². The second kappa shape index (κ2) is 9.18. The van der Waals surface area contributed by atoms with Crippen molar-refractivity contribution >= 4 is 29.6 Å². The van der Waals surface area contributed by atoms with Crippen molar-refractivity contribution in [2.75, 3.05) is 4.90 Å². The third kappa shape index (κ3) is 4.71. The summed E-state index contributed by atoms with van der Waals surface area (Å²) in [5.74, 6) is -0.307. The van der Waals surface area contributed by atoms with Crippen molar-refractivity contribution < 1.29 is 13.9 Å². The van der Waals surface area contributed by atoms with Crippen molar-refractivity contribution in [2.45, 2.75) is 52.2 Å². The quantitative estimate of drug-likeness (QED) is 0.533. The van der Waals surface area contributed by atoms with Crippen molar-refractivity contribution in [2.24, 2.45) is 5.73 Å². The lowest BCUT2D eigenvalue weighted by Crippen LogP contribution is -2.38. The molecule has 0 saturated carbocycles. The number of amides is 1. The summed E-state index contributed by atoms with van der Waals surface area (Å²) in [7, 11) is 0. The van der Waals surface area contributed by atoms with Gasteiger partial charge >= 0.3 is 6.09 Å². The van der Waals surface area contributed by atoms with Crippen LogP contribution in [-0.4, -0.2) is 32.3 Å². The Morgan fingerprint density at radius 1 is 1.40 bits per heavy atom. The first-order valence-corrected chi connectivity index (χ1v) is 11.2. The molecule has 0 aliphatic heterocycles. The Bertz CT molecular complexity index is 1400. The number of halogens is 1. The highest BCUT2D eigenvalue weighted by Gasteiger charge is 2.30. The van der Waals surface area contributed by atoms with Gasteiger partial charge in [0.15, 0.2) is 11.3 Å². The maximum absolute atomic E-state index is 15.0. The van der Waals surface area contributed by atoms with Crippen LogP contribution in [-0.2, 0) is 24.1 Å². The second-order valence-electron chi connectivity index (χ2n) is 9.28. The maximum Gasteiger partial charge on any atom is 0.417 e. The summed E-state index contributed by atoms with van der Waals surface area (Å²) in [5.41, 5.74) is 8.60. The molecule has 35 heavy (non-hydrogen) atoms. The number of nitriles is 1. The minimum Gasteiger partial charge on any atom is -0.443 e. The van der Waals surface area contributed by atoms with Gasteiger partial charge in [0.2, 0.25) is 5.95 Å². The number of rotatable bonds is 5. The average molecular weight is 476 g/mol. The molecule has 3 aromatic rings. The fourth-order valence-electron chi connectivity index (χ4n) is 4.18. The van der Waals surface area contributed by atoms with Crippen molar-refractivity contribution in [3.8, 4) is 6.07 Å². The number of allylic oxidation sites excluding steroid dienone is 1. The van der Waals surface area contributed by atoms with Gasteiger partial charge in [0, 0.05) is 23.7 Å². The summed E-state index contributed by atoms with van der Waals surface area (Å²) < 4.78 is 22.1. The van der Waals surface area contributed by atoms with E-state index in [0.29, 0.717) is 11.1 Å². The zero-order valence-corrected chi connectivity index (χ0v) is 19.8. The van der Waals surface area contributed by atoms with Crippen molar-refractivity contribution in [1.29, 1.82) is 10.7 Å². The number of aromatic nitrogens is 3. The lowest BCUT2D eigenvalue weighted by Gasteiger charge is -2.28. The molecule has 10 heteroatoms. The molecular weight excluding hydrogens is 449 g/mol. The first-order chi connectivity index (χ1) is 16.6. The highest BCUT2D eigenvalue weighted by molar-refractivity contribution is 5.89. The maximum atomic E-state index is 15.0. The SMILES string of the molecule is CC(C)(C)OC(=O)N(Cc1c(F)ccc2c1CCC2)c1ncc(C(N)=CC=N)c2nc(C#N)cn12. The molecule has 4 rings (SSSR count). The van der Waals surface area contributed by atoms with E-state index in [1.165, 1.54) is 33.8 Å². The number of nitrogens with two attached hydrogens (primary N) is 1. The second-order valence-corrected chi connectivity index (χ2v) is 9.28. The molecule has 0 unspecified atom stereocenters. The van der Waals surface area contributed by atoms with Crippen LogP contribution < -0.4 is 10.6 Å². The summed E-state index contributed by atoms with van der Waals surface area (Å²) >= 11 is 0. The molecule has 0 fully saturated rings. The van der Waals surface area contributed by atoms with Crippen molar-refractivity contribution in [3.05, 3.63) is 64.4 Å². The summed E-state index contributed by atoms with van der Waals surface area (Å²) in [6.45, 7) is 5.11. The Kier molecular flexibility index (Phi) is 6.26. The fourth-order valence-corrected chi connectivity index (χ4v) is 4.18. The number of nitrogens with zero attached hydrogens (tertiary/aromatic N) is 5. The molecule has 2 heterocycles. The molecule has 0 spiro atoms. The number of hydrogen-bond acceptors (Lipinski definition) is 7. The number of carbonyl (C=O) groups is 1. The first kappa shape index (κ1) is 23.9. The zero-order valence-electron chi connectivity index (χ0n) is 19.8. The number of aryl methyl sites for hydroxylation is 1. The number of imidazole rings is 1. The summed E-state index contributed by atoms with van der Waals surface area (Å²) in [5, 5.41) is 16.8. The van der Waals surface area contributed by atoms with Crippen LogP contribution in [0.15, 0.2) is 30.6 Å². The van der Waals surface area contributed by atoms with Crippen LogP contribution >= 0.6 is 0 Å². The van der Waals surface area contributed by atoms with Gasteiger partial charge in [-0.05, 0) is 63.3 Å². The Hall–Kier alpha value is -4.26. The highest BCUT2D eigenvalue weighted by Crippen LogP contribution is 2.31. The van der Waals surface area contributed by atoms with Crippen LogP contribution in [0.4, 0.5) is 15.1 Å². The van der Waals surface area contributed by atoms with Crippen LogP contribution in [0.3, 0.4) is 0 Å². The Labute approximate surface area is 202 Å². The highest BCUT2D eigenvalue weighted by atomic mass is 19.1. The van der Waals surface area contributed by atoms with Gasteiger partial charge in [0.1, 0.15) is 17.5 Å². The lowest BCUT2D eigenvalue weighted by molar-refractivity contribution is 0.0574. The van der Waals surface area contributed by atoms with E-state index < -0.39 is 17.5 Å².